The molecule has 0 unspecified atom stereocenters. The topological polar surface area (TPSA) is 85.6 Å². The van der Waals surface area contributed by atoms with Gasteiger partial charge in [-0.15, -0.1) is 11.3 Å². The number of pyridine rings is 1. The van der Waals surface area contributed by atoms with Crippen LogP contribution in [0.3, 0.4) is 0 Å². The van der Waals surface area contributed by atoms with Crippen LogP contribution in [0.15, 0.2) is 36.2 Å². The fourth-order valence-electron chi connectivity index (χ4n) is 2.81. The molecule has 0 saturated carbocycles. The van der Waals surface area contributed by atoms with Gasteiger partial charge in [0.25, 0.3) is 5.91 Å². The molecular weight excluding hydrogens is 405 g/mol. The number of thiazole rings is 1. The quantitative estimate of drug-likeness (QED) is 0.544. The average molecular weight is 418 g/mol. The van der Waals surface area contributed by atoms with Gasteiger partial charge in [0.05, 0.1) is 22.3 Å². The van der Waals surface area contributed by atoms with Crippen LogP contribution in [0.2, 0.25) is 0 Å². The third-order valence-corrected chi connectivity index (χ3v) is 5.12. The summed E-state index contributed by atoms with van der Waals surface area (Å²) in [5.74, 6) is -0.249. The molecule has 0 atom stereocenters. The summed E-state index contributed by atoms with van der Waals surface area (Å²) in [6.07, 6.45) is 0.0445. The molecule has 4 rings (SSSR count). The van der Waals surface area contributed by atoms with E-state index in [1.54, 1.807) is 6.92 Å². The van der Waals surface area contributed by atoms with Crippen molar-refractivity contribution in [3.05, 3.63) is 58.7 Å². The molecule has 0 spiro atoms. The summed E-state index contributed by atoms with van der Waals surface area (Å²) in [5.41, 5.74) is 3.11. The van der Waals surface area contributed by atoms with Crippen LogP contribution in [0.4, 0.5) is 13.2 Å². The van der Waals surface area contributed by atoms with E-state index in [0.717, 1.165) is 22.8 Å². The van der Waals surface area contributed by atoms with Crippen LogP contribution in [-0.4, -0.2) is 30.5 Å². The molecule has 0 aliphatic carbocycles. The van der Waals surface area contributed by atoms with Crippen molar-refractivity contribution < 1.29 is 18.0 Å². The van der Waals surface area contributed by atoms with Gasteiger partial charge in [0.1, 0.15) is 0 Å². The molecule has 7 nitrogen and oxygen atoms in total. The number of aromatic nitrogens is 5. The van der Waals surface area contributed by atoms with Crippen molar-refractivity contribution in [2.24, 2.45) is 0 Å². The first-order valence-electron chi connectivity index (χ1n) is 8.34. The molecule has 4 aromatic heterocycles. The minimum atomic E-state index is -4.58. The van der Waals surface area contributed by atoms with E-state index in [-0.39, 0.29) is 16.5 Å². The summed E-state index contributed by atoms with van der Waals surface area (Å²) in [6, 6.07) is 1.39. The van der Waals surface area contributed by atoms with Crippen LogP contribution in [-0.2, 0) is 6.18 Å². The highest BCUT2D eigenvalue weighted by molar-refractivity contribution is 7.13. The monoisotopic (exact) mass is 418 g/mol. The summed E-state index contributed by atoms with van der Waals surface area (Å²) in [6.45, 7) is 3.47. The maximum atomic E-state index is 13.3. The molecule has 0 saturated heterocycles. The van der Waals surface area contributed by atoms with Crippen molar-refractivity contribution in [3.63, 3.8) is 0 Å². The van der Waals surface area contributed by atoms with Gasteiger partial charge in [-0.05, 0) is 19.9 Å². The molecule has 4 heterocycles. The van der Waals surface area contributed by atoms with E-state index in [1.807, 2.05) is 12.3 Å². The Labute approximate surface area is 166 Å². The number of fused-ring (bicyclic) bond motifs is 1. The second-order valence-corrected chi connectivity index (χ2v) is 7.09. The van der Waals surface area contributed by atoms with Crippen LogP contribution in [0.25, 0.3) is 21.7 Å². The zero-order valence-electron chi connectivity index (χ0n) is 15.2. The number of halogens is 3. The molecule has 1 N–H and O–H groups in total. The van der Waals surface area contributed by atoms with Gasteiger partial charge in [0.2, 0.25) is 0 Å². The number of carbonyl (C=O) groups excluding carboxylic acids is 1. The average Bonchev–Trinajstić information content (AvgIpc) is 3.25. The summed E-state index contributed by atoms with van der Waals surface area (Å²) >= 11 is 1.38. The maximum Gasteiger partial charge on any atom is 0.418 e. The highest BCUT2D eigenvalue weighted by Crippen LogP contribution is 2.35. The molecule has 0 fully saturated rings. The lowest BCUT2D eigenvalue weighted by Gasteiger charge is -2.09. The minimum Gasteiger partial charge on any atom is -0.267 e. The summed E-state index contributed by atoms with van der Waals surface area (Å²) in [5, 5.41) is 2.37. The van der Waals surface area contributed by atoms with E-state index in [9.17, 15) is 18.0 Å². The summed E-state index contributed by atoms with van der Waals surface area (Å²) < 4.78 is 40.9. The number of hydrogen-bond donors (Lipinski definition) is 1. The fourth-order valence-corrected chi connectivity index (χ4v) is 3.55. The van der Waals surface area contributed by atoms with E-state index in [2.05, 4.69) is 25.4 Å². The molecule has 0 aromatic carbocycles. The number of aryl methyl sites for hydroxylation is 2. The van der Waals surface area contributed by atoms with E-state index < -0.39 is 17.6 Å². The number of nitrogens with zero attached hydrogens (tertiary/aromatic N) is 5. The molecule has 0 bridgehead atoms. The van der Waals surface area contributed by atoms with Gasteiger partial charge in [-0.25, -0.2) is 15.0 Å². The first-order valence-corrected chi connectivity index (χ1v) is 9.22. The van der Waals surface area contributed by atoms with E-state index in [1.165, 1.54) is 29.8 Å². The zero-order valence-corrected chi connectivity index (χ0v) is 16.0. The van der Waals surface area contributed by atoms with Crippen molar-refractivity contribution in [3.8, 4) is 10.8 Å². The second-order valence-electron chi connectivity index (χ2n) is 6.23. The third kappa shape index (κ3) is 3.56. The second kappa shape index (κ2) is 6.92. The van der Waals surface area contributed by atoms with Crippen molar-refractivity contribution in [2.75, 3.05) is 5.43 Å². The van der Waals surface area contributed by atoms with Gasteiger partial charge in [0.15, 0.2) is 10.8 Å². The summed E-state index contributed by atoms with van der Waals surface area (Å²) in [7, 11) is 0. The Bertz CT molecular complexity index is 1230. The zero-order chi connectivity index (χ0) is 20.8. The van der Waals surface area contributed by atoms with Crippen molar-refractivity contribution in [1.29, 1.82) is 0 Å². The number of alkyl halides is 3. The van der Waals surface area contributed by atoms with E-state index in [0.29, 0.717) is 16.5 Å². The highest BCUT2D eigenvalue weighted by atomic mass is 32.1. The van der Waals surface area contributed by atoms with E-state index in [4.69, 9.17) is 0 Å². The van der Waals surface area contributed by atoms with Crippen LogP contribution < -0.4 is 5.43 Å². The van der Waals surface area contributed by atoms with Crippen LogP contribution >= 0.6 is 11.3 Å². The van der Waals surface area contributed by atoms with Crippen molar-refractivity contribution in [2.45, 2.75) is 20.0 Å². The summed E-state index contributed by atoms with van der Waals surface area (Å²) in [4.78, 5) is 29.2. The van der Waals surface area contributed by atoms with Crippen LogP contribution in [0, 0.1) is 13.8 Å². The SMILES string of the molecule is Cc1csc(-c2ncc(C(=O)Nn3cc(C(F)(F)F)c4cnccc43)c(C)n2)n1. The van der Waals surface area contributed by atoms with Crippen molar-refractivity contribution in [1.82, 2.24) is 24.6 Å². The lowest BCUT2D eigenvalue weighted by Crippen LogP contribution is -2.23. The number of nitrogens with one attached hydrogen (secondary N) is 1. The van der Waals surface area contributed by atoms with Crippen LogP contribution in [0.1, 0.15) is 27.3 Å². The Balaban J connectivity index is 1.67. The Morgan fingerprint density at radius 3 is 2.66 bits per heavy atom. The highest BCUT2D eigenvalue weighted by Gasteiger charge is 2.35. The number of rotatable bonds is 3. The number of hydrogen-bond acceptors (Lipinski definition) is 6. The lowest BCUT2D eigenvalue weighted by atomic mass is 10.2. The fraction of sp³-hybridized carbons (Fsp3) is 0.167. The van der Waals surface area contributed by atoms with Gasteiger partial charge in [-0.1, -0.05) is 0 Å². The molecule has 0 aliphatic heterocycles. The Hall–Kier alpha value is -3.34. The number of carbonyl (C=O) groups is 1. The van der Waals surface area contributed by atoms with Crippen molar-refractivity contribution >= 4 is 28.1 Å². The normalized spacial score (nSPS) is 11.8. The van der Waals surface area contributed by atoms with Gasteiger partial charge >= 0.3 is 6.18 Å². The Kier molecular flexibility index (Phi) is 4.53. The first-order chi connectivity index (χ1) is 13.7. The molecule has 11 heteroatoms. The minimum absolute atomic E-state index is 0.109. The maximum absolute atomic E-state index is 13.3. The lowest BCUT2D eigenvalue weighted by molar-refractivity contribution is -0.136. The third-order valence-electron chi connectivity index (χ3n) is 4.17. The molecule has 29 heavy (non-hydrogen) atoms. The molecule has 4 aromatic rings. The predicted molar refractivity (Wildman–Crippen MR) is 101 cm³/mol. The standard InChI is InChI=1S/C18H13F3N6OS/c1-9-8-29-17(24-9)15-23-6-11(10(2)25-15)16(28)26-27-7-13(18(19,20)21)12-5-22-4-3-14(12)27/h3-8H,1-2H3,(H,26,28). The predicted octanol–water partition coefficient (Wildman–Crippen LogP) is 3.97. The van der Waals surface area contributed by atoms with Gasteiger partial charge in [-0.3, -0.25) is 19.9 Å². The molecule has 148 valence electrons. The van der Waals surface area contributed by atoms with Gasteiger partial charge < -0.3 is 0 Å². The molecule has 0 aliphatic rings. The molecular formula is C18H13F3N6OS. The Morgan fingerprint density at radius 2 is 2.00 bits per heavy atom. The molecule has 1 amide bonds. The number of amides is 1. The largest absolute Gasteiger partial charge is 0.418 e. The van der Waals surface area contributed by atoms with Gasteiger partial charge in [-0.2, -0.15) is 13.2 Å². The Morgan fingerprint density at radius 1 is 1.21 bits per heavy atom. The van der Waals surface area contributed by atoms with E-state index >= 15 is 0 Å². The van der Waals surface area contributed by atoms with Gasteiger partial charge in [0, 0.05) is 41.2 Å². The first kappa shape index (κ1) is 19.0. The molecule has 0 radical (unpaired) electrons. The smallest absolute Gasteiger partial charge is 0.267 e. The van der Waals surface area contributed by atoms with Crippen LogP contribution in [0.5, 0.6) is 0 Å².